The molecule has 0 fully saturated rings. The quantitative estimate of drug-likeness (QED) is 0.834. The van der Waals surface area contributed by atoms with Gasteiger partial charge in [0, 0.05) is 22.4 Å². The second kappa shape index (κ2) is 4.76. The normalized spacial score (nSPS) is 10.4. The molecule has 4 heteroatoms. The van der Waals surface area contributed by atoms with Crippen molar-refractivity contribution >= 4 is 28.7 Å². The van der Waals surface area contributed by atoms with Gasteiger partial charge in [0.2, 0.25) is 0 Å². The van der Waals surface area contributed by atoms with Crippen LogP contribution in [0.5, 0.6) is 0 Å². The van der Waals surface area contributed by atoms with Gasteiger partial charge in [0.05, 0.1) is 5.69 Å². The van der Waals surface area contributed by atoms with E-state index in [2.05, 4.69) is 4.98 Å². The van der Waals surface area contributed by atoms with Gasteiger partial charge in [-0.25, -0.2) is 4.98 Å². The number of benzene rings is 1. The van der Waals surface area contributed by atoms with E-state index in [9.17, 15) is 4.79 Å². The Morgan fingerprint density at radius 1 is 1.38 bits per heavy atom. The molecular weight excluding hydrogens is 242 g/mol. The number of Topliss-reactive ketones (excluding diaryl/α,β-unsaturated/α-hetero) is 1. The fraction of sp³-hybridized carbons (Fsp3) is 0.167. The molecule has 2 nitrogen and oxygen atoms in total. The lowest BCUT2D eigenvalue weighted by atomic mass is 10.2. The third-order valence-corrected chi connectivity index (χ3v) is 3.27. The van der Waals surface area contributed by atoms with Crippen LogP contribution in [0.2, 0.25) is 5.02 Å². The molecule has 1 aromatic carbocycles. The van der Waals surface area contributed by atoms with Crippen molar-refractivity contribution in [3.05, 3.63) is 40.4 Å². The van der Waals surface area contributed by atoms with Crippen molar-refractivity contribution < 1.29 is 4.79 Å². The number of nitrogens with zero attached hydrogens (tertiary/aromatic N) is 1. The zero-order valence-electron chi connectivity index (χ0n) is 8.74. The number of hydrogen-bond acceptors (Lipinski definition) is 3. The smallest absolute Gasteiger partial charge is 0.135 e. The summed E-state index contributed by atoms with van der Waals surface area (Å²) in [6, 6.07) is 7.53. The Balaban J connectivity index is 2.24. The lowest BCUT2D eigenvalue weighted by molar-refractivity contribution is -0.116. The van der Waals surface area contributed by atoms with Crippen molar-refractivity contribution in [2.45, 2.75) is 13.3 Å². The molecule has 0 unspecified atom stereocenters. The first-order chi connectivity index (χ1) is 7.65. The monoisotopic (exact) mass is 251 g/mol. The molecule has 0 amide bonds. The van der Waals surface area contributed by atoms with Crippen LogP contribution in [-0.4, -0.2) is 10.8 Å². The largest absolute Gasteiger partial charge is 0.300 e. The van der Waals surface area contributed by atoms with E-state index in [1.165, 1.54) is 0 Å². The fourth-order valence-corrected chi connectivity index (χ4v) is 2.32. The summed E-state index contributed by atoms with van der Waals surface area (Å²) in [6.07, 6.45) is 0.407. The molecule has 0 bridgehead atoms. The van der Waals surface area contributed by atoms with Gasteiger partial charge in [-0.3, -0.25) is 4.79 Å². The van der Waals surface area contributed by atoms with Crippen molar-refractivity contribution in [3.8, 4) is 10.6 Å². The lowest BCUT2D eigenvalue weighted by Crippen LogP contribution is -1.95. The maximum atomic E-state index is 11.0. The van der Waals surface area contributed by atoms with Gasteiger partial charge in [-0.15, -0.1) is 11.3 Å². The second-order valence-corrected chi connectivity index (χ2v) is 4.82. The van der Waals surface area contributed by atoms with Gasteiger partial charge in [-0.1, -0.05) is 23.7 Å². The van der Waals surface area contributed by atoms with E-state index in [1.54, 1.807) is 18.3 Å². The predicted molar refractivity (Wildman–Crippen MR) is 66.9 cm³/mol. The average molecular weight is 252 g/mol. The van der Waals surface area contributed by atoms with Crippen LogP contribution in [0, 0.1) is 0 Å². The molecule has 0 aliphatic rings. The molecule has 0 aliphatic heterocycles. The summed E-state index contributed by atoms with van der Waals surface area (Å²) in [7, 11) is 0. The first kappa shape index (κ1) is 11.3. The number of hydrogen-bond donors (Lipinski definition) is 0. The predicted octanol–water partition coefficient (Wildman–Crippen LogP) is 3.60. The summed E-state index contributed by atoms with van der Waals surface area (Å²) in [5, 5.41) is 3.56. The van der Waals surface area contributed by atoms with Gasteiger partial charge in [0.15, 0.2) is 0 Å². The first-order valence-electron chi connectivity index (χ1n) is 4.85. The molecular formula is C12H10ClNOS. The molecule has 0 aliphatic carbocycles. The van der Waals surface area contributed by atoms with Crippen LogP contribution in [0.3, 0.4) is 0 Å². The van der Waals surface area contributed by atoms with E-state index in [0.717, 1.165) is 16.3 Å². The number of carbonyl (C=O) groups excluding carboxylic acids is 1. The summed E-state index contributed by atoms with van der Waals surface area (Å²) >= 11 is 7.36. The first-order valence-corrected chi connectivity index (χ1v) is 6.10. The molecule has 0 N–H and O–H groups in total. The number of carbonyl (C=O) groups is 1. The van der Waals surface area contributed by atoms with E-state index in [-0.39, 0.29) is 5.78 Å². The molecule has 1 heterocycles. The fourth-order valence-electron chi connectivity index (χ4n) is 1.37. The second-order valence-electron chi connectivity index (χ2n) is 3.53. The van der Waals surface area contributed by atoms with E-state index >= 15 is 0 Å². The van der Waals surface area contributed by atoms with Crippen LogP contribution in [0.25, 0.3) is 10.6 Å². The Morgan fingerprint density at radius 2 is 2.06 bits per heavy atom. The van der Waals surface area contributed by atoms with Crippen molar-refractivity contribution in [1.82, 2.24) is 4.98 Å². The topological polar surface area (TPSA) is 30.0 Å². The van der Waals surface area contributed by atoms with Gasteiger partial charge in [-0.05, 0) is 19.1 Å². The molecule has 2 rings (SSSR count). The Kier molecular flexibility index (Phi) is 3.36. The number of ketones is 1. The number of aromatic nitrogens is 1. The summed E-state index contributed by atoms with van der Waals surface area (Å²) in [4.78, 5) is 15.4. The highest BCUT2D eigenvalue weighted by molar-refractivity contribution is 7.13. The SMILES string of the molecule is CC(=O)Cc1csc(-c2ccc(Cl)cc2)n1. The minimum atomic E-state index is 0.132. The standard InChI is InChI=1S/C12H10ClNOS/c1-8(15)6-11-7-16-12(14-11)9-2-4-10(13)5-3-9/h2-5,7H,6H2,1H3. The van der Waals surface area contributed by atoms with Crippen LogP contribution in [0.15, 0.2) is 29.6 Å². The highest BCUT2D eigenvalue weighted by atomic mass is 35.5. The van der Waals surface area contributed by atoms with E-state index < -0.39 is 0 Å². The summed E-state index contributed by atoms with van der Waals surface area (Å²) < 4.78 is 0. The number of rotatable bonds is 3. The van der Waals surface area contributed by atoms with Gasteiger partial charge in [0.25, 0.3) is 0 Å². The van der Waals surface area contributed by atoms with Crippen molar-refractivity contribution in [3.63, 3.8) is 0 Å². The summed E-state index contributed by atoms with van der Waals surface area (Å²) in [5.41, 5.74) is 1.87. The third-order valence-electron chi connectivity index (χ3n) is 2.07. The maximum absolute atomic E-state index is 11.0. The minimum absolute atomic E-state index is 0.132. The average Bonchev–Trinajstić information content (AvgIpc) is 2.66. The van der Waals surface area contributed by atoms with Crippen LogP contribution in [0.1, 0.15) is 12.6 Å². The van der Waals surface area contributed by atoms with Crippen molar-refractivity contribution in [2.24, 2.45) is 0 Å². The molecule has 0 saturated heterocycles. The van der Waals surface area contributed by atoms with E-state index in [1.807, 2.05) is 29.6 Å². The van der Waals surface area contributed by atoms with Crippen LogP contribution in [-0.2, 0) is 11.2 Å². The lowest BCUT2D eigenvalue weighted by Gasteiger charge is -1.95. The summed E-state index contributed by atoms with van der Waals surface area (Å²) in [5.74, 6) is 0.132. The maximum Gasteiger partial charge on any atom is 0.135 e. The highest BCUT2D eigenvalue weighted by Gasteiger charge is 2.06. The van der Waals surface area contributed by atoms with Crippen LogP contribution < -0.4 is 0 Å². The van der Waals surface area contributed by atoms with Gasteiger partial charge in [-0.2, -0.15) is 0 Å². The number of thiazole rings is 1. The van der Waals surface area contributed by atoms with Crippen LogP contribution >= 0.6 is 22.9 Å². The van der Waals surface area contributed by atoms with Gasteiger partial charge < -0.3 is 0 Å². The Bertz CT molecular complexity index is 504. The molecule has 2 aromatic rings. The van der Waals surface area contributed by atoms with Crippen molar-refractivity contribution in [1.29, 1.82) is 0 Å². The Labute approximate surface area is 103 Å². The molecule has 0 atom stereocenters. The van der Waals surface area contributed by atoms with Crippen LogP contribution in [0.4, 0.5) is 0 Å². The van der Waals surface area contributed by atoms with E-state index in [4.69, 9.17) is 11.6 Å². The third kappa shape index (κ3) is 2.68. The minimum Gasteiger partial charge on any atom is -0.300 e. The Hall–Kier alpha value is -1.19. The van der Waals surface area contributed by atoms with Gasteiger partial charge >= 0.3 is 0 Å². The highest BCUT2D eigenvalue weighted by Crippen LogP contribution is 2.25. The molecule has 0 spiro atoms. The van der Waals surface area contributed by atoms with Gasteiger partial charge in [0.1, 0.15) is 10.8 Å². The zero-order valence-corrected chi connectivity index (χ0v) is 10.3. The molecule has 82 valence electrons. The molecule has 1 aromatic heterocycles. The van der Waals surface area contributed by atoms with E-state index in [0.29, 0.717) is 11.4 Å². The molecule has 0 saturated carbocycles. The zero-order chi connectivity index (χ0) is 11.5. The molecule has 16 heavy (non-hydrogen) atoms. The number of halogens is 1. The van der Waals surface area contributed by atoms with Crippen molar-refractivity contribution in [2.75, 3.05) is 0 Å². The summed E-state index contributed by atoms with van der Waals surface area (Å²) in [6.45, 7) is 1.57. The molecule has 0 radical (unpaired) electrons. The Morgan fingerprint density at radius 3 is 2.69 bits per heavy atom.